The Kier molecular flexibility index (Phi) is 10.9. The normalized spacial score (nSPS) is 24.5. The van der Waals surface area contributed by atoms with Gasteiger partial charge in [0.15, 0.2) is 0 Å². The van der Waals surface area contributed by atoms with Gasteiger partial charge in [0, 0.05) is 19.4 Å². The number of carbonyl (C=O) groups is 5. The number of fused-ring (bicyclic) bond motifs is 4. The summed E-state index contributed by atoms with van der Waals surface area (Å²) in [7, 11) is 0. The van der Waals surface area contributed by atoms with Crippen molar-refractivity contribution in [1.82, 2.24) is 15.5 Å². The van der Waals surface area contributed by atoms with Crippen molar-refractivity contribution in [3.05, 3.63) is 29.8 Å². The molecule has 2 heterocycles. The first-order valence-electron chi connectivity index (χ1n) is 14.5. The summed E-state index contributed by atoms with van der Waals surface area (Å²) in [5.41, 5.74) is 5.33. The number of Topliss-reactive ketones (excluding diaryl/α,β-unsaturated/α-hetero) is 1. The third-order valence-electron chi connectivity index (χ3n) is 7.82. The van der Waals surface area contributed by atoms with Crippen LogP contribution in [-0.4, -0.2) is 77.3 Å². The zero-order valence-corrected chi connectivity index (χ0v) is 24.7. The second kappa shape index (κ2) is 13.9. The number of hydrogen-bond donors (Lipinski definition) is 3. The van der Waals surface area contributed by atoms with E-state index in [-0.39, 0.29) is 37.6 Å². The molecule has 0 saturated carbocycles. The zero-order valence-electron chi connectivity index (χ0n) is 24.7. The van der Waals surface area contributed by atoms with Crippen LogP contribution in [0.4, 0.5) is 0 Å². The molecule has 4 bridgehead atoms. The Morgan fingerprint density at radius 3 is 2.61 bits per heavy atom. The van der Waals surface area contributed by atoms with Crippen LogP contribution in [0, 0.1) is 5.92 Å². The monoisotopic (exact) mass is 572 g/mol. The van der Waals surface area contributed by atoms with Gasteiger partial charge in [0.25, 0.3) is 5.91 Å². The van der Waals surface area contributed by atoms with Gasteiger partial charge >= 0.3 is 0 Å². The molecule has 1 aromatic carbocycles. The van der Waals surface area contributed by atoms with Crippen molar-refractivity contribution >= 4 is 29.4 Å². The van der Waals surface area contributed by atoms with Crippen LogP contribution in [0.3, 0.4) is 0 Å². The third-order valence-corrected chi connectivity index (χ3v) is 7.82. The number of amides is 4. The second-order valence-electron chi connectivity index (χ2n) is 11.7. The van der Waals surface area contributed by atoms with Crippen LogP contribution in [0.1, 0.15) is 72.3 Å². The molecular formula is C30H44N4O7. The van der Waals surface area contributed by atoms with Crippen molar-refractivity contribution in [2.45, 2.75) is 103 Å². The van der Waals surface area contributed by atoms with E-state index < -0.39 is 53.3 Å². The van der Waals surface area contributed by atoms with Crippen LogP contribution in [0.15, 0.2) is 24.3 Å². The quantitative estimate of drug-likeness (QED) is 0.400. The van der Waals surface area contributed by atoms with E-state index in [0.717, 1.165) is 5.56 Å². The lowest BCUT2D eigenvalue weighted by molar-refractivity contribution is -0.144. The second-order valence-corrected chi connectivity index (χ2v) is 11.7. The molecule has 5 atom stereocenters. The molecule has 0 aromatic heterocycles. The number of benzene rings is 1. The average molecular weight is 573 g/mol. The number of nitrogens with one attached hydrogen (secondary N) is 2. The molecule has 0 radical (unpaired) electrons. The first-order chi connectivity index (χ1) is 19.3. The highest BCUT2D eigenvalue weighted by atomic mass is 16.5. The topological polar surface area (TPSA) is 157 Å². The van der Waals surface area contributed by atoms with Crippen molar-refractivity contribution in [3.63, 3.8) is 0 Å². The summed E-state index contributed by atoms with van der Waals surface area (Å²) in [6.07, 6.45) is 1.69. The van der Waals surface area contributed by atoms with Gasteiger partial charge in [-0.05, 0) is 43.9 Å². The lowest BCUT2D eigenvalue weighted by atomic mass is 9.96. The summed E-state index contributed by atoms with van der Waals surface area (Å²) in [6, 6.07) is 4.37. The maximum Gasteiger partial charge on any atom is 0.287 e. The zero-order chi connectivity index (χ0) is 30.3. The van der Waals surface area contributed by atoms with Gasteiger partial charge in [-0.15, -0.1) is 0 Å². The first-order valence-corrected chi connectivity index (χ1v) is 14.5. The molecule has 3 rings (SSSR count). The van der Waals surface area contributed by atoms with Gasteiger partial charge in [0.1, 0.15) is 17.8 Å². The molecule has 1 aromatic rings. The van der Waals surface area contributed by atoms with Crippen molar-refractivity contribution in [2.75, 3.05) is 13.2 Å². The molecule has 2 aliphatic rings. The van der Waals surface area contributed by atoms with Gasteiger partial charge < -0.3 is 30.7 Å². The van der Waals surface area contributed by atoms with E-state index in [1.165, 1.54) is 4.90 Å². The van der Waals surface area contributed by atoms with Gasteiger partial charge in [0.05, 0.1) is 30.8 Å². The molecular weight excluding hydrogens is 528 g/mol. The van der Waals surface area contributed by atoms with E-state index in [0.29, 0.717) is 31.6 Å². The summed E-state index contributed by atoms with van der Waals surface area (Å²) < 4.78 is 12.4. The fraction of sp³-hybridized carbons (Fsp3) is 0.633. The molecule has 1 saturated heterocycles. The van der Waals surface area contributed by atoms with E-state index in [9.17, 15) is 24.0 Å². The fourth-order valence-electron chi connectivity index (χ4n) is 5.31. The van der Waals surface area contributed by atoms with Crippen LogP contribution in [-0.2, 0) is 35.1 Å². The largest absolute Gasteiger partial charge is 0.493 e. The summed E-state index contributed by atoms with van der Waals surface area (Å²) in [5, 5.41) is 5.56. The summed E-state index contributed by atoms with van der Waals surface area (Å²) in [4.78, 5) is 66.2. The maximum absolute atomic E-state index is 14.1. The number of nitrogens with zero attached hydrogens (tertiary/aromatic N) is 1. The molecule has 226 valence electrons. The van der Waals surface area contributed by atoms with Crippen molar-refractivity contribution in [3.8, 4) is 5.75 Å². The van der Waals surface area contributed by atoms with Crippen LogP contribution >= 0.6 is 0 Å². The van der Waals surface area contributed by atoms with Crippen LogP contribution < -0.4 is 21.1 Å². The average Bonchev–Trinajstić information content (AvgIpc) is 3.32. The van der Waals surface area contributed by atoms with Crippen molar-refractivity contribution < 1.29 is 33.4 Å². The van der Waals surface area contributed by atoms with E-state index in [4.69, 9.17) is 15.2 Å². The first kappa shape index (κ1) is 32.0. The van der Waals surface area contributed by atoms with E-state index in [1.807, 2.05) is 58.9 Å². The summed E-state index contributed by atoms with van der Waals surface area (Å²) in [5.74, 6) is -2.87. The fourth-order valence-corrected chi connectivity index (χ4v) is 5.31. The van der Waals surface area contributed by atoms with E-state index in [2.05, 4.69) is 10.6 Å². The van der Waals surface area contributed by atoms with Crippen LogP contribution in [0.2, 0.25) is 0 Å². The number of ketones is 1. The Hall–Kier alpha value is -3.47. The Balaban J connectivity index is 1.95. The standard InChI is InChI=1S/C30H44N4O7/c1-6-9-22(26(36)27(31)37)32-28(38)23-16-21-17-34(23)29(39)25(18(3)7-2)33-24(35)15-19-10-8-11-20(14-19)40-13-12-30(4,5)41-21/h8,10-11,14,18,21-23,25H,6-7,9,12-13,15-17H2,1-5H3,(H2,31,37)(H,32,38)(H,33,35)/t18?,21-,22?,23+,25+/m1/s1. The molecule has 11 nitrogen and oxygen atoms in total. The number of carbonyl (C=O) groups excluding carboxylic acids is 5. The molecule has 2 aliphatic heterocycles. The van der Waals surface area contributed by atoms with Crippen molar-refractivity contribution in [2.24, 2.45) is 11.7 Å². The van der Waals surface area contributed by atoms with Gasteiger partial charge in [-0.3, -0.25) is 24.0 Å². The van der Waals surface area contributed by atoms with Gasteiger partial charge in [0.2, 0.25) is 23.5 Å². The molecule has 4 amide bonds. The minimum absolute atomic E-state index is 0.0620. The number of ether oxygens (including phenoxy) is 2. The Bertz CT molecular complexity index is 1140. The number of hydrogen-bond acceptors (Lipinski definition) is 7. The Morgan fingerprint density at radius 1 is 1.22 bits per heavy atom. The highest BCUT2D eigenvalue weighted by Crippen LogP contribution is 2.29. The van der Waals surface area contributed by atoms with Gasteiger partial charge in [-0.25, -0.2) is 0 Å². The predicted octanol–water partition coefficient (Wildman–Crippen LogP) is 1.65. The maximum atomic E-state index is 14.1. The Morgan fingerprint density at radius 2 is 1.95 bits per heavy atom. The number of primary amides is 1. The molecule has 0 aliphatic carbocycles. The van der Waals surface area contributed by atoms with Crippen LogP contribution in [0.25, 0.3) is 0 Å². The smallest absolute Gasteiger partial charge is 0.287 e. The Labute approximate surface area is 241 Å². The van der Waals surface area contributed by atoms with Gasteiger partial charge in [-0.2, -0.15) is 0 Å². The molecule has 11 heteroatoms. The summed E-state index contributed by atoms with van der Waals surface area (Å²) in [6.45, 7) is 9.98. The third kappa shape index (κ3) is 8.51. The highest BCUT2D eigenvalue weighted by Gasteiger charge is 2.45. The highest BCUT2D eigenvalue weighted by molar-refractivity contribution is 6.37. The van der Waals surface area contributed by atoms with E-state index >= 15 is 0 Å². The molecule has 0 spiro atoms. The van der Waals surface area contributed by atoms with Crippen molar-refractivity contribution in [1.29, 1.82) is 0 Å². The molecule has 41 heavy (non-hydrogen) atoms. The molecule has 2 unspecified atom stereocenters. The lowest BCUT2D eigenvalue weighted by Gasteiger charge is -2.32. The summed E-state index contributed by atoms with van der Waals surface area (Å²) >= 11 is 0. The minimum atomic E-state index is -1.13. The van der Waals surface area contributed by atoms with E-state index in [1.54, 1.807) is 0 Å². The lowest BCUT2D eigenvalue weighted by Crippen LogP contribution is -2.57. The molecule has 4 N–H and O–H groups in total. The van der Waals surface area contributed by atoms with Crippen LogP contribution in [0.5, 0.6) is 5.75 Å². The number of rotatable bonds is 8. The number of nitrogens with two attached hydrogens (primary N) is 1. The SMILES string of the molecule is CCCC(NC(=O)[C@@H]1C[C@@H]2CN1C(=O)[C@H](C(C)CC)NC(=O)Cc1cccc(c1)OCCC(C)(C)O2)C(=O)C(N)=O. The molecule has 1 fully saturated rings. The predicted molar refractivity (Wildman–Crippen MR) is 152 cm³/mol. The van der Waals surface area contributed by atoms with Gasteiger partial charge in [-0.1, -0.05) is 45.7 Å². The minimum Gasteiger partial charge on any atom is -0.493 e.